The van der Waals surface area contributed by atoms with Gasteiger partial charge in [0.25, 0.3) is 5.56 Å². The van der Waals surface area contributed by atoms with Crippen molar-refractivity contribution in [3.05, 3.63) is 102 Å². The number of fused-ring (bicyclic) bond motifs is 1. The molecule has 4 rings (SSSR count). The summed E-state index contributed by atoms with van der Waals surface area (Å²) in [6, 6.07) is 10.0. The molecule has 1 aromatic heterocycles. The number of esters is 2. The van der Waals surface area contributed by atoms with E-state index in [9.17, 15) is 23.2 Å². The predicted molar refractivity (Wildman–Crippen MR) is 121 cm³/mol. The summed E-state index contributed by atoms with van der Waals surface area (Å²) in [4.78, 5) is 39.0. The minimum atomic E-state index is -1.33. The Morgan fingerprint density at radius 3 is 2.24 bits per heavy atom. The van der Waals surface area contributed by atoms with Crippen LogP contribution in [0.3, 0.4) is 0 Å². The molecule has 0 bridgehead atoms. The first kappa shape index (κ1) is 23.1. The molecule has 0 radical (unpaired) electrons. The summed E-state index contributed by atoms with van der Waals surface area (Å²) in [5.74, 6) is -3.12. The Labute approximate surface area is 195 Å². The first-order valence-corrected chi connectivity index (χ1v) is 10.7. The number of carbonyl (C=O) groups excluding carboxylic acids is 2. The van der Waals surface area contributed by atoms with E-state index in [0.29, 0.717) is 0 Å². The van der Waals surface area contributed by atoms with Gasteiger partial charge >= 0.3 is 11.9 Å². The van der Waals surface area contributed by atoms with Crippen LogP contribution < -0.4 is 20.5 Å². The van der Waals surface area contributed by atoms with E-state index >= 15 is 0 Å². The lowest BCUT2D eigenvalue weighted by atomic mass is 9.91. The maximum absolute atomic E-state index is 14.9. The van der Waals surface area contributed by atoms with E-state index < -0.39 is 35.2 Å². The van der Waals surface area contributed by atoms with Crippen LogP contribution in [0.15, 0.2) is 64.6 Å². The molecule has 3 aromatic rings. The first-order valence-electron chi connectivity index (χ1n) is 9.93. The average molecular weight is 484 g/mol. The van der Waals surface area contributed by atoms with E-state index in [2.05, 4.69) is 0 Å². The molecule has 2 N–H and O–H groups in total. The molecular formula is C24H18F2N2O5S. The van der Waals surface area contributed by atoms with Crippen molar-refractivity contribution in [1.82, 2.24) is 4.57 Å². The lowest BCUT2D eigenvalue weighted by molar-refractivity contribution is -0.136. The van der Waals surface area contributed by atoms with Crippen molar-refractivity contribution in [2.24, 2.45) is 5.73 Å². The molecule has 10 heteroatoms. The Hall–Kier alpha value is -4.05. The molecule has 7 nitrogen and oxygen atoms in total. The fraction of sp³-hybridized carbons (Fsp3) is 0.125. The number of carbonyl (C=O) groups is 2. The molecule has 1 atom stereocenters. The molecule has 0 aliphatic carbocycles. The average Bonchev–Trinajstić information content (AvgIpc) is 3.14. The zero-order valence-corrected chi connectivity index (χ0v) is 18.8. The standard InChI is InChI=1S/C24H18F2N2O5S/c1-32-23(30)17-19(27)18(24(31)33-2)22-28(20(17)13-8-4-6-10-15(13)26)21(29)16(34-22)11-12-7-3-5-9-14(12)25/h3-11,20H,27H2,1-2H3/b16-11+. The Kier molecular flexibility index (Phi) is 6.16. The van der Waals surface area contributed by atoms with Crippen LogP contribution in [0.5, 0.6) is 0 Å². The molecule has 2 aromatic carbocycles. The maximum atomic E-state index is 14.9. The summed E-state index contributed by atoms with van der Waals surface area (Å²) >= 11 is 0.848. The number of aromatic nitrogens is 1. The van der Waals surface area contributed by atoms with Crippen LogP contribution in [0.2, 0.25) is 0 Å². The normalized spacial score (nSPS) is 15.8. The third kappa shape index (κ3) is 3.71. The highest BCUT2D eigenvalue weighted by Gasteiger charge is 2.39. The highest BCUT2D eigenvalue weighted by atomic mass is 32.1. The molecule has 0 saturated carbocycles. The van der Waals surface area contributed by atoms with Gasteiger partial charge < -0.3 is 15.2 Å². The maximum Gasteiger partial charge on any atom is 0.342 e. The Morgan fingerprint density at radius 2 is 1.62 bits per heavy atom. The van der Waals surface area contributed by atoms with Crippen LogP contribution >= 0.6 is 11.3 Å². The third-order valence-corrected chi connectivity index (χ3v) is 6.45. The van der Waals surface area contributed by atoms with E-state index in [1.165, 1.54) is 48.5 Å². The van der Waals surface area contributed by atoms with Gasteiger partial charge in [-0.25, -0.2) is 18.4 Å². The fourth-order valence-electron chi connectivity index (χ4n) is 3.79. The van der Waals surface area contributed by atoms with Crippen LogP contribution in [0, 0.1) is 11.6 Å². The summed E-state index contributed by atoms with van der Waals surface area (Å²) < 4.78 is 40.0. The number of hydrogen-bond donors (Lipinski definition) is 1. The molecule has 0 spiro atoms. The van der Waals surface area contributed by atoms with Crippen molar-refractivity contribution in [3.63, 3.8) is 0 Å². The smallest absolute Gasteiger partial charge is 0.342 e. The monoisotopic (exact) mass is 484 g/mol. The van der Waals surface area contributed by atoms with Crippen molar-refractivity contribution in [2.75, 3.05) is 14.2 Å². The van der Waals surface area contributed by atoms with Crippen LogP contribution in [0.1, 0.15) is 17.2 Å². The van der Waals surface area contributed by atoms with Crippen LogP contribution in [-0.4, -0.2) is 30.7 Å². The van der Waals surface area contributed by atoms with Gasteiger partial charge in [0.2, 0.25) is 0 Å². The molecule has 1 aliphatic rings. The topological polar surface area (TPSA) is 101 Å². The molecule has 2 heterocycles. The van der Waals surface area contributed by atoms with Crippen LogP contribution in [-0.2, 0) is 19.1 Å². The third-order valence-electron chi connectivity index (χ3n) is 5.35. The van der Waals surface area contributed by atoms with Gasteiger partial charge in [0.15, 0.2) is 0 Å². The number of rotatable bonds is 4. The molecule has 34 heavy (non-hydrogen) atoms. The number of ether oxygens (including phenoxy) is 2. The van der Waals surface area contributed by atoms with Crippen molar-refractivity contribution < 1.29 is 27.8 Å². The number of hydrogen-bond acceptors (Lipinski definition) is 7. The lowest BCUT2D eigenvalue weighted by Crippen LogP contribution is -2.43. The van der Waals surface area contributed by atoms with Crippen molar-refractivity contribution in [3.8, 4) is 0 Å². The van der Waals surface area contributed by atoms with Gasteiger partial charge in [0.1, 0.15) is 27.9 Å². The van der Waals surface area contributed by atoms with E-state index in [1.54, 1.807) is 6.07 Å². The number of halogens is 2. The molecule has 0 saturated heterocycles. The van der Waals surface area contributed by atoms with Gasteiger partial charge in [-0.15, -0.1) is 11.3 Å². The van der Waals surface area contributed by atoms with Crippen molar-refractivity contribution in [1.29, 1.82) is 0 Å². The Morgan fingerprint density at radius 1 is 1.00 bits per heavy atom. The molecule has 1 aliphatic heterocycles. The number of thiazole rings is 1. The second-order valence-electron chi connectivity index (χ2n) is 7.22. The van der Waals surface area contributed by atoms with Crippen molar-refractivity contribution >= 4 is 34.9 Å². The molecule has 174 valence electrons. The quantitative estimate of drug-likeness (QED) is 0.561. The van der Waals surface area contributed by atoms with E-state index in [1.807, 2.05) is 0 Å². The van der Waals surface area contributed by atoms with E-state index in [4.69, 9.17) is 15.2 Å². The van der Waals surface area contributed by atoms with Gasteiger partial charge in [-0.1, -0.05) is 36.4 Å². The van der Waals surface area contributed by atoms with Crippen molar-refractivity contribution in [2.45, 2.75) is 6.04 Å². The van der Waals surface area contributed by atoms with Gasteiger partial charge in [0.05, 0.1) is 30.0 Å². The van der Waals surface area contributed by atoms with Gasteiger partial charge in [0, 0.05) is 11.1 Å². The molecule has 0 fully saturated rings. The molecule has 1 unspecified atom stereocenters. The van der Waals surface area contributed by atoms with E-state index in [0.717, 1.165) is 30.1 Å². The second kappa shape index (κ2) is 9.06. The molecular weight excluding hydrogens is 466 g/mol. The van der Waals surface area contributed by atoms with E-state index in [-0.39, 0.29) is 37.2 Å². The highest BCUT2D eigenvalue weighted by Crippen LogP contribution is 2.33. The minimum absolute atomic E-state index is 0.0339. The van der Waals surface area contributed by atoms with Crippen LogP contribution in [0.25, 0.3) is 11.6 Å². The fourth-order valence-corrected chi connectivity index (χ4v) is 4.95. The second-order valence-corrected chi connectivity index (χ2v) is 8.25. The largest absolute Gasteiger partial charge is 0.466 e. The number of nitrogens with zero attached hydrogens (tertiary/aromatic N) is 1. The summed E-state index contributed by atoms with van der Waals surface area (Å²) in [5, 5.41) is 0. The number of methoxy groups -OCH3 is 2. The predicted octanol–water partition coefficient (Wildman–Crippen LogP) is 1.33. The highest BCUT2D eigenvalue weighted by molar-refractivity contribution is 7.07. The summed E-state index contributed by atoms with van der Waals surface area (Å²) in [6.07, 6.45) is 1.31. The Bertz CT molecular complexity index is 1540. The van der Waals surface area contributed by atoms with Gasteiger partial charge in [-0.2, -0.15) is 0 Å². The molecule has 0 amide bonds. The minimum Gasteiger partial charge on any atom is -0.466 e. The first-order chi connectivity index (χ1) is 16.3. The van der Waals surface area contributed by atoms with Gasteiger partial charge in [-0.05, 0) is 18.2 Å². The SMILES string of the molecule is COC(=O)C1=C(N)C(C(=O)OC)=c2s/c(=C/c3ccccc3F)c(=O)n2C1c1ccccc1F. The zero-order valence-electron chi connectivity index (χ0n) is 18.0. The lowest BCUT2D eigenvalue weighted by Gasteiger charge is -2.27. The zero-order chi connectivity index (χ0) is 24.6. The van der Waals surface area contributed by atoms with Crippen LogP contribution in [0.4, 0.5) is 8.78 Å². The summed E-state index contributed by atoms with van der Waals surface area (Å²) in [6.45, 7) is 0. The Balaban J connectivity index is 2.17. The number of nitrogens with two attached hydrogens (primary N) is 1. The van der Waals surface area contributed by atoms with Gasteiger partial charge in [-0.3, -0.25) is 9.36 Å². The summed E-state index contributed by atoms with van der Waals surface area (Å²) in [7, 11) is 2.22. The number of benzene rings is 2. The summed E-state index contributed by atoms with van der Waals surface area (Å²) in [5.41, 5.74) is 4.83.